The van der Waals surface area contributed by atoms with Crippen LogP contribution in [0.4, 0.5) is 0 Å². The molecule has 0 heterocycles. The van der Waals surface area contributed by atoms with Gasteiger partial charge < -0.3 is 14.9 Å². The number of carbonyl (C=O) groups is 1. The summed E-state index contributed by atoms with van der Waals surface area (Å²) in [5.41, 5.74) is -0.0782. The second-order valence-corrected chi connectivity index (χ2v) is 5.27. The lowest BCUT2D eigenvalue weighted by molar-refractivity contribution is -0.0176. The highest BCUT2D eigenvalue weighted by Gasteiger charge is 2.37. The van der Waals surface area contributed by atoms with Crippen LogP contribution in [-0.2, 0) is 4.74 Å². The lowest BCUT2D eigenvalue weighted by Gasteiger charge is -2.27. The van der Waals surface area contributed by atoms with Gasteiger partial charge in [-0.1, -0.05) is 19.6 Å². The van der Waals surface area contributed by atoms with Gasteiger partial charge in [-0.05, 0) is 49.8 Å². The maximum absolute atomic E-state index is 12.2. The van der Waals surface area contributed by atoms with Crippen LogP contribution in [0, 0.1) is 0 Å². The van der Waals surface area contributed by atoms with E-state index >= 15 is 0 Å². The van der Waals surface area contributed by atoms with E-state index in [4.69, 9.17) is 4.74 Å². The number of carbonyl (C=O) groups excluding carboxylic acids is 1. The first kappa shape index (κ1) is 14.4. The molecule has 2 N–H and O–H groups in total. The second-order valence-electron chi connectivity index (χ2n) is 5.27. The van der Waals surface area contributed by atoms with E-state index in [0.29, 0.717) is 5.56 Å². The molecule has 20 heavy (non-hydrogen) atoms. The first-order valence-corrected chi connectivity index (χ1v) is 6.93. The van der Waals surface area contributed by atoms with Crippen LogP contribution in [-0.4, -0.2) is 21.8 Å². The lowest BCUT2D eigenvalue weighted by atomic mass is 9.98. The SMILES string of the molecule is C=Cc1cc(O)c(C(=O)OC2(CC)CCCC2)c(O)c1. The summed E-state index contributed by atoms with van der Waals surface area (Å²) in [5, 5.41) is 19.8. The maximum Gasteiger partial charge on any atom is 0.346 e. The van der Waals surface area contributed by atoms with E-state index in [1.165, 1.54) is 18.2 Å². The minimum atomic E-state index is -0.667. The van der Waals surface area contributed by atoms with Crippen LogP contribution in [0.5, 0.6) is 11.5 Å². The molecule has 4 nitrogen and oxygen atoms in total. The summed E-state index contributed by atoms with van der Waals surface area (Å²) in [6.07, 6.45) is 5.97. The minimum Gasteiger partial charge on any atom is -0.507 e. The molecule has 4 heteroatoms. The van der Waals surface area contributed by atoms with Crippen LogP contribution in [0.1, 0.15) is 54.9 Å². The fraction of sp³-hybridized carbons (Fsp3) is 0.438. The van der Waals surface area contributed by atoms with Crippen molar-refractivity contribution in [1.29, 1.82) is 0 Å². The number of rotatable bonds is 4. The van der Waals surface area contributed by atoms with Crippen LogP contribution < -0.4 is 0 Å². The molecule has 1 fully saturated rings. The third-order valence-corrected chi connectivity index (χ3v) is 4.03. The minimum absolute atomic E-state index is 0.171. The summed E-state index contributed by atoms with van der Waals surface area (Å²) in [6.45, 7) is 5.54. The molecule has 1 saturated carbocycles. The predicted molar refractivity (Wildman–Crippen MR) is 76.8 cm³/mol. The Balaban J connectivity index is 2.27. The molecule has 0 amide bonds. The summed E-state index contributed by atoms with van der Waals surface area (Å²) in [5.74, 6) is -1.23. The predicted octanol–water partition coefficient (Wildman–Crippen LogP) is 3.62. The number of hydrogen-bond donors (Lipinski definition) is 2. The fourth-order valence-corrected chi connectivity index (χ4v) is 2.75. The van der Waals surface area contributed by atoms with Crippen LogP contribution in [0.15, 0.2) is 18.7 Å². The Bertz CT molecular complexity index is 504. The number of esters is 1. The second kappa shape index (κ2) is 5.57. The zero-order valence-electron chi connectivity index (χ0n) is 11.7. The molecule has 0 unspecified atom stereocenters. The highest BCUT2D eigenvalue weighted by molar-refractivity contribution is 5.96. The van der Waals surface area contributed by atoms with E-state index in [-0.39, 0.29) is 17.1 Å². The van der Waals surface area contributed by atoms with Gasteiger partial charge in [0.2, 0.25) is 0 Å². The van der Waals surface area contributed by atoms with Gasteiger partial charge in [0.25, 0.3) is 0 Å². The summed E-state index contributed by atoms with van der Waals surface area (Å²) in [6, 6.07) is 2.77. The average molecular weight is 276 g/mol. The summed E-state index contributed by atoms with van der Waals surface area (Å²) >= 11 is 0. The summed E-state index contributed by atoms with van der Waals surface area (Å²) in [7, 11) is 0. The largest absolute Gasteiger partial charge is 0.507 e. The van der Waals surface area contributed by atoms with Crippen molar-refractivity contribution in [2.75, 3.05) is 0 Å². The Morgan fingerprint density at radius 2 is 1.90 bits per heavy atom. The first-order chi connectivity index (χ1) is 9.51. The highest BCUT2D eigenvalue weighted by atomic mass is 16.6. The van der Waals surface area contributed by atoms with Gasteiger partial charge in [0.05, 0.1) is 0 Å². The zero-order valence-corrected chi connectivity index (χ0v) is 11.7. The van der Waals surface area contributed by atoms with Gasteiger partial charge in [-0.15, -0.1) is 0 Å². The zero-order chi connectivity index (χ0) is 14.8. The first-order valence-electron chi connectivity index (χ1n) is 6.93. The molecule has 2 rings (SSSR count). The number of aromatic hydroxyl groups is 2. The molecule has 0 aromatic heterocycles. The van der Waals surface area contributed by atoms with Crippen molar-refractivity contribution in [1.82, 2.24) is 0 Å². The third-order valence-electron chi connectivity index (χ3n) is 4.03. The smallest absolute Gasteiger partial charge is 0.346 e. The number of ether oxygens (including phenoxy) is 1. The van der Waals surface area contributed by atoms with E-state index in [1.807, 2.05) is 6.92 Å². The molecule has 0 spiro atoms. The Morgan fingerprint density at radius 1 is 1.35 bits per heavy atom. The lowest BCUT2D eigenvalue weighted by Crippen LogP contribution is -2.31. The Hall–Kier alpha value is -1.97. The van der Waals surface area contributed by atoms with Crippen LogP contribution >= 0.6 is 0 Å². The van der Waals surface area contributed by atoms with Crippen molar-refractivity contribution in [3.05, 3.63) is 29.8 Å². The van der Waals surface area contributed by atoms with Gasteiger partial charge in [-0.25, -0.2) is 4.79 Å². The van der Waals surface area contributed by atoms with Crippen molar-refractivity contribution in [2.45, 2.75) is 44.6 Å². The molecule has 0 atom stereocenters. The molecule has 0 bridgehead atoms. The van der Waals surface area contributed by atoms with Crippen LogP contribution in [0.2, 0.25) is 0 Å². The number of phenolic OH excluding ortho intramolecular Hbond substituents is 2. The molecule has 0 saturated heterocycles. The van der Waals surface area contributed by atoms with E-state index in [2.05, 4.69) is 6.58 Å². The molecule has 0 radical (unpaired) electrons. The number of hydrogen-bond acceptors (Lipinski definition) is 4. The topological polar surface area (TPSA) is 66.8 Å². The normalized spacial score (nSPS) is 16.9. The molecule has 0 aliphatic heterocycles. The van der Waals surface area contributed by atoms with Crippen molar-refractivity contribution in [3.63, 3.8) is 0 Å². The van der Waals surface area contributed by atoms with Gasteiger partial charge in [0, 0.05) is 0 Å². The average Bonchev–Trinajstić information content (AvgIpc) is 2.86. The van der Waals surface area contributed by atoms with Gasteiger partial charge in [-0.3, -0.25) is 0 Å². The van der Waals surface area contributed by atoms with Gasteiger partial charge in [0.1, 0.15) is 22.7 Å². The van der Waals surface area contributed by atoms with E-state index in [1.54, 1.807) is 0 Å². The van der Waals surface area contributed by atoms with E-state index in [0.717, 1.165) is 32.1 Å². The van der Waals surface area contributed by atoms with Crippen LogP contribution in [0.3, 0.4) is 0 Å². The number of benzene rings is 1. The molecule has 108 valence electrons. The maximum atomic E-state index is 12.2. The molecule has 1 aromatic rings. The van der Waals surface area contributed by atoms with Gasteiger partial charge in [-0.2, -0.15) is 0 Å². The Kier molecular flexibility index (Phi) is 4.02. The Morgan fingerprint density at radius 3 is 2.35 bits per heavy atom. The highest BCUT2D eigenvalue weighted by Crippen LogP contribution is 2.38. The quantitative estimate of drug-likeness (QED) is 0.824. The van der Waals surface area contributed by atoms with Crippen molar-refractivity contribution >= 4 is 12.0 Å². The van der Waals surface area contributed by atoms with Crippen LogP contribution in [0.25, 0.3) is 6.08 Å². The number of phenols is 2. The summed E-state index contributed by atoms with van der Waals surface area (Å²) in [4.78, 5) is 12.2. The molecule has 1 aliphatic carbocycles. The van der Waals surface area contributed by atoms with E-state index < -0.39 is 11.6 Å². The standard InChI is InChI=1S/C16H20O4/c1-3-11-9-12(17)14(13(18)10-11)15(19)20-16(4-2)7-5-6-8-16/h3,9-10,17-18H,1,4-8H2,2H3. The molecular formula is C16H20O4. The molecule has 1 aliphatic rings. The fourth-order valence-electron chi connectivity index (χ4n) is 2.75. The van der Waals surface area contributed by atoms with Crippen molar-refractivity contribution < 1.29 is 19.7 Å². The third kappa shape index (κ3) is 2.64. The van der Waals surface area contributed by atoms with Crippen molar-refractivity contribution in [2.24, 2.45) is 0 Å². The van der Waals surface area contributed by atoms with E-state index in [9.17, 15) is 15.0 Å². The van der Waals surface area contributed by atoms with Crippen molar-refractivity contribution in [3.8, 4) is 11.5 Å². The molecule has 1 aromatic carbocycles. The van der Waals surface area contributed by atoms with Gasteiger partial charge in [0.15, 0.2) is 0 Å². The molecular weight excluding hydrogens is 256 g/mol. The summed E-state index contributed by atoms with van der Waals surface area (Å²) < 4.78 is 5.58. The monoisotopic (exact) mass is 276 g/mol. The Labute approximate surface area is 118 Å². The van der Waals surface area contributed by atoms with Gasteiger partial charge >= 0.3 is 5.97 Å².